The number of carboxylic acids is 1. The minimum absolute atomic E-state index is 0.00150. The third kappa shape index (κ3) is 3.58. The molecule has 3 nitrogen and oxygen atoms in total. The number of hydrogen-bond acceptors (Lipinski definition) is 2. The molecule has 2 unspecified atom stereocenters. The summed E-state index contributed by atoms with van der Waals surface area (Å²) in [6.07, 6.45) is 13.3. The van der Waals surface area contributed by atoms with Crippen LogP contribution in [0.2, 0.25) is 0 Å². The second-order valence-corrected chi connectivity index (χ2v) is 13.5. The number of fused-ring (bicyclic) bond motifs is 4. The molecule has 0 spiro atoms. The Morgan fingerprint density at radius 2 is 1.73 bits per heavy atom. The van der Waals surface area contributed by atoms with Gasteiger partial charge in [-0.05, 0) is 111 Å². The highest BCUT2D eigenvalue weighted by atomic mass is 16.4. The number of allylic oxidation sites excluding steroid dienone is 3. The van der Waals surface area contributed by atoms with Crippen LogP contribution in [-0.4, -0.2) is 22.3 Å². The van der Waals surface area contributed by atoms with E-state index in [1.165, 1.54) is 38.5 Å². The van der Waals surface area contributed by atoms with Gasteiger partial charge in [-0.25, -0.2) is 4.79 Å². The van der Waals surface area contributed by atoms with E-state index >= 15 is 0 Å². The summed E-state index contributed by atoms with van der Waals surface area (Å²) in [5, 5.41) is 20.0. The second-order valence-electron chi connectivity index (χ2n) is 13.5. The number of rotatable bonds is 5. The fraction of sp³-hybridized carbons (Fsp3) is 0.833. The van der Waals surface area contributed by atoms with Crippen molar-refractivity contribution in [2.24, 2.45) is 39.4 Å². The first kappa shape index (κ1) is 25.0. The van der Waals surface area contributed by atoms with Crippen LogP contribution in [0.5, 0.6) is 0 Å². The number of aliphatic carboxylic acids is 1. The SMILES string of the molecule is C/C(=C/CCC(C)[C@@H]1CC[C@]2(C)C3=C(CC[C@@]12C)[C@@]1(C)CC[C@@H](O)C(C)(C)C1CC3)C(=O)O. The van der Waals surface area contributed by atoms with E-state index in [9.17, 15) is 9.90 Å². The molecule has 0 aromatic heterocycles. The van der Waals surface area contributed by atoms with Crippen LogP contribution < -0.4 is 0 Å². The van der Waals surface area contributed by atoms with Gasteiger partial charge in [-0.15, -0.1) is 0 Å². The first-order valence-corrected chi connectivity index (χ1v) is 13.6. The standard InChI is InChI=1S/C30H48O3/c1-19(9-8-10-20(2)26(32)33)21-13-17-30(7)23-11-12-24-27(3,4)25(31)15-16-28(24,5)22(23)14-18-29(21,30)6/h10,19,21,24-25,31H,8-9,11-18H2,1-7H3,(H,32,33)/b20-10-/t19?,21-,24?,25+,28+,29-,30+/m0/s1. The number of aliphatic hydroxyl groups is 1. The summed E-state index contributed by atoms with van der Waals surface area (Å²) in [5.41, 5.74) is 4.95. The third-order valence-electron chi connectivity index (χ3n) is 11.9. The van der Waals surface area contributed by atoms with E-state index in [1.807, 2.05) is 6.08 Å². The molecule has 186 valence electrons. The van der Waals surface area contributed by atoms with Gasteiger partial charge in [0.15, 0.2) is 0 Å². The van der Waals surface area contributed by atoms with Crippen LogP contribution in [0.25, 0.3) is 0 Å². The van der Waals surface area contributed by atoms with Gasteiger partial charge in [0, 0.05) is 5.57 Å². The Labute approximate surface area is 202 Å². The van der Waals surface area contributed by atoms with Gasteiger partial charge < -0.3 is 10.2 Å². The largest absolute Gasteiger partial charge is 0.478 e. The predicted molar refractivity (Wildman–Crippen MR) is 135 cm³/mol. The molecule has 0 heterocycles. The lowest BCUT2D eigenvalue weighted by Gasteiger charge is -2.62. The fourth-order valence-corrected chi connectivity index (χ4v) is 9.48. The lowest BCUT2D eigenvalue weighted by Crippen LogP contribution is -2.55. The Morgan fingerprint density at radius 1 is 1.03 bits per heavy atom. The predicted octanol–water partition coefficient (Wildman–Crippen LogP) is 7.54. The molecule has 0 aromatic rings. The highest BCUT2D eigenvalue weighted by Crippen LogP contribution is 2.72. The van der Waals surface area contributed by atoms with Crippen molar-refractivity contribution in [2.45, 2.75) is 119 Å². The second kappa shape index (κ2) is 8.25. The molecule has 0 aliphatic heterocycles. The van der Waals surface area contributed by atoms with E-state index < -0.39 is 5.97 Å². The van der Waals surface area contributed by atoms with Crippen molar-refractivity contribution in [1.82, 2.24) is 0 Å². The van der Waals surface area contributed by atoms with Crippen LogP contribution in [0, 0.1) is 39.4 Å². The van der Waals surface area contributed by atoms with Crippen molar-refractivity contribution in [1.29, 1.82) is 0 Å². The Bertz CT molecular complexity index is 866. The summed E-state index contributed by atoms with van der Waals surface area (Å²) in [5.74, 6) is 1.12. The van der Waals surface area contributed by atoms with E-state index in [1.54, 1.807) is 18.1 Å². The highest BCUT2D eigenvalue weighted by Gasteiger charge is 2.63. The molecule has 33 heavy (non-hydrogen) atoms. The molecule has 4 aliphatic carbocycles. The summed E-state index contributed by atoms with van der Waals surface area (Å²) < 4.78 is 0. The van der Waals surface area contributed by atoms with Gasteiger partial charge in [-0.2, -0.15) is 0 Å². The molecule has 0 amide bonds. The van der Waals surface area contributed by atoms with Crippen molar-refractivity contribution in [2.75, 3.05) is 0 Å². The maximum atomic E-state index is 11.1. The number of carbonyl (C=O) groups is 1. The van der Waals surface area contributed by atoms with Crippen LogP contribution in [0.15, 0.2) is 22.8 Å². The summed E-state index contributed by atoms with van der Waals surface area (Å²) in [6.45, 7) is 16.5. The number of aliphatic hydroxyl groups excluding tert-OH is 1. The average molecular weight is 457 g/mol. The Morgan fingerprint density at radius 3 is 2.39 bits per heavy atom. The van der Waals surface area contributed by atoms with Gasteiger partial charge in [0.05, 0.1) is 6.10 Å². The molecule has 2 saturated carbocycles. The molecular weight excluding hydrogens is 408 g/mol. The first-order valence-electron chi connectivity index (χ1n) is 13.6. The van der Waals surface area contributed by atoms with Gasteiger partial charge in [0.1, 0.15) is 0 Å². The monoisotopic (exact) mass is 456 g/mol. The minimum atomic E-state index is -0.794. The molecule has 0 bridgehead atoms. The van der Waals surface area contributed by atoms with Crippen molar-refractivity contribution in [3.63, 3.8) is 0 Å². The van der Waals surface area contributed by atoms with Gasteiger partial charge in [0.25, 0.3) is 0 Å². The van der Waals surface area contributed by atoms with Crippen LogP contribution in [0.1, 0.15) is 113 Å². The van der Waals surface area contributed by atoms with Gasteiger partial charge in [-0.3, -0.25) is 0 Å². The molecular formula is C30H48O3. The molecule has 3 heteroatoms. The Balaban J connectivity index is 1.60. The molecule has 2 fully saturated rings. The molecule has 0 radical (unpaired) electrons. The summed E-state index contributed by atoms with van der Waals surface area (Å²) >= 11 is 0. The lowest BCUT2D eigenvalue weighted by molar-refractivity contribution is -0.132. The van der Waals surface area contributed by atoms with Crippen molar-refractivity contribution < 1.29 is 15.0 Å². The molecule has 0 aromatic carbocycles. The van der Waals surface area contributed by atoms with Crippen molar-refractivity contribution in [3.05, 3.63) is 22.8 Å². The fourth-order valence-electron chi connectivity index (χ4n) is 9.48. The van der Waals surface area contributed by atoms with Crippen LogP contribution in [-0.2, 0) is 4.79 Å². The summed E-state index contributed by atoms with van der Waals surface area (Å²) in [7, 11) is 0. The normalized spacial score (nSPS) is 43.5. The zero-order valence-electron chi connectivity index (χ0n) is 22.3. The molecule has 2 N–H and O–H groups in total. The quantitative estimate of drug-likeness (QED) is 0.332. The summed E-state index contributed by atoms with van der Waals surface area (Å²) in [4.78, 5) is 11.1. The average Bonchev–Trinajstić information content (AvgIpc) is 3.02. The van der Waals surface area contributed by atoms with Crippen LogP contribution >= 0.6 is 0 Å². The van der Waals surface area contributed by atoms with Crippen molar-refractivity contribution in [3.8, 4) is 0 Å². The van der Waals surface area contributed by atoms with E-state index in [-0.39, 0.29) is 16.9 Å². The van der Waals surface area contributed by atoms with Crippen LogP contribution in [0.3, 0.4) is 0 Å². The van der Waals surface area contributed by atoms with Crippen LogP contribution in [0.4, 0.5) is 0 Å². The zero-order valence-corrected chi connectivity index (χ0v) is 22.3. The lowest BCUT2D eigenvalue weighted by atomic mass is 9.43. The Kier molecular flexibility index (Phi) is 6.25. The summed E-state index contributed by atoms with van der Waals surface area (Å²) in [6, 6.07) is 0. The molecule has 0 saturated heterocycles. The topological polar surface area (TPSA) is 57.5 Å². The smallest absolute Gasteiger partial charge is 0.330 e. The minimum Gasteiger partial charge on any atom is -0.478 e. The number of carboxylic acid groups (broad SMARTS) is 1. The van der Waals surface area contributed by atoms with Gasteiger partial charge >= 0.3 is 5.97 Å². The third-order valence-corrected chi connectivity index (χ3v) is 11.9. The highest BCUT2D eigenvalue weighted by molar-refractivity contribution is 5.85. The zero-order chi connectivity index (χ0) is 24.4. The Hall–Kier alpha value is -1.09. The van der Waals surface area contributed by atoms with E-state index in [4.69, 9.17) is 5.11 Å². The number of hydrogen-bond donors (Lipinski definition) is 2. The van der Waals surface area contributed by atoms with E-state index in [0.29, 0.717) is 34.2 Å². The van der Waals surface area contributed by atoms with E-state index in [0.717, 1.165) is 25.7 Å². The maximum absolute atomic E-state index is 11.1. The molecule has 4 aliphatic rings. The van der Waals surface area contributed by atoms with Gasteiger partial charge in [-0.1, -0.05) is 58.8 Å². The van der Waals surface area contributed by atoms with Crippen molar-refractivity contribution >= 4 is 5.97 Å². The first-order chi connectivity index (χ1) is 15.3. The molecule has 7 atom stereocenters. The molecule has 4 rings (SSSR count). The van der Waals surface area contributed by atoms with E-state index in [2.05, 4.69) is 41.5 Å². The maximum Gasteiger partial charge on any atom is 0.330 e. The van der Waals surface area contributed by atoms with Gasteiger partial charge in [0.2, 0.25) is 0 Å².